The summed E-state index contributed by atoms with van der Waals surface area (Å²) >= 11 is 0. The third-order valence-corrected chi connectivity index (χ3v) is 5.19. The van der Waals surface area contributed by atoms with E-state index >= 15 is 0 Å². The Morgan fingerprint density at radius 3 is 2.35 bits per heavy atom. The van der Waals surface area contributed by atoms with Gasteiger partial charge in [-0.1, -0.05) is 48.5 Å². The van der Waals surface area contributed by atoms with Gasteiger partial charge in [-0.2, -0.15) is 0 Å². The van der Waals surface area contributed by atoms with E-state index in [0.29, 0.717) is 17.7 Å². The average molecular weight is 290 g/mol. The van der Waals surface area contributed by atoms with E-state index in [9.17, 15) is 14.4 Å². The molecular weight excluding hydrogens is 275 g/mol. The van der Waals surface area contributed by atoms with Gasteiger partial charge in [-0.05, 0) is 18.1 Å². The van der Waals surface area contributed by atoms with Crippen LogP contribution in [0.2, 0.25) is 0 Å². The quantitative estimate of drug-likeness (QED) is 0.834. The molecule has 1 atom stereocenters. The van der Waals surface area contributed by atoms with Crippen molar-refractivity contribution in [2.24, 2.45) is 0 Å². The zero-order valence-corrected chi connectivity index (χ0v) is 11.7. The van der Waals surface area contributed by atoms with Crippen LogP contribution in [-0.4, -0.2) is 9.79 Å². The van der Waals surface area contributed by atoms with E-state index in [1.54, 1.807) is 36.4 Å². The van der Waals surface area contributed by atoms with E-state index in [2.05, 4.69) is 0 Å². The molecule has 0 aliphatic carbocycles. The molecule has 0 saturated carbocycles. The molecule has 0 amide bonds. The van der Waals surface area contributed by atoms with Gasteiger partial charge in [-0.25, -0.2) is 0 Å². The Labute approximate surface area is 117 Å². The SMILES string of the molecule is O=P(O)(O)C1(c2ccccc2)CCc2ccccc2O1. The highest BCUT2D eigenvalue weighted by Gasteiger charge is 2.52. The molecule has 5 heteroatoms. The fraction of sp³-hybridized carbons (Fsp3) is 0.200. The Morgan fingerprint density at radius 2 is 1.65 bits per heavy atom. The van der Waals surface area contributed by atoms with Crippen LogP contribution >= 0.6 is 7.60 Å². The van der Waals surface area contributed by atoms with Gasteiger partial charge < -0.3 is 14.5 Å². The lowest BCUT2D eigenvalue weighted by molar-refractivity contribution is 0.0929. The van der Waals surface area contributed by atoms with Gasteiger partial charge in [-0.15, -0.1) is 0 Å². The van der Waals surface area contributed by atoms with Crippen molar-refractivity contribution in [3.05, 3.63) is 65.7 Å². The van der Waals surface area contributed by atoms with Gasteiger partial charge in [0.25, 0.3) is 0 Å². The summed E-state index contributed by atoms with van der Waals surface area (Å²) in [6, 6.07) is 16.1. The van der Waals surface area contributed by atoms with Gasteiger partial charge in [0.1, 0.15) is 5.75 Å². The van der Waals surface area contributed by atoms with Crippen LogP contribution in [-0.2, 0) is 16.3 Å². The van der Waals surface area contributed by atoms with Gasteiger partial charge in [0.15, 0.2) is 0 Å². The summed E-state index contributed by atoms with van der Waals surface area (Å²) in [6.45, 7) is 0. The van der Waals surface area contributed by atoms with E-state index < -0.39 is 12.9 Å². The summed E-state index contributed by atoms with van der Waals surface area (Å²) in [5, 5.41) is -1.58. The maximum absolute atomic E-state index is 12.1. The van der Waals surface area contributed by atoms with Crippen molar-refractivity contribution >= 4 is 7.60 Å². The molecule has 2 aromatic carbocycles. The molecule has 1 heterocycles. The van der Waals surface area contributed by atoms with E-state index in [1.807, 2.05) is 18.2 Å². The number of ether oxygens (including phenoxy) is 1. The summed E-state index contributed by atoms with van der Waals surface area (Å²) in [5.41, 5.74) is 1.50. The van der Waals surface area contributed by atoms with Crippen LogP contribution in [0.3, 0.4) is 0 Å². The third kappa shape index (κ3) is 2.06. The van der Waals surface area contributed by atoms with Crippen molar-refractivity contribution in [2.45, 2.75) is 18.2 Å². The third-order valence-electron chi connectivity index (χ3n) is 3.68. The highest BCUT2D eigenvalue weighted by Crippen LogP contribution is 2.61. The topological polar surface area (TPSA) is 66.8 Å². The molecule has 104 valence electrons. The van der Waals surface area contributed by atoms with Crippen molar-refractivity contribution in [3.63, 3.8) is 0 Å². The van der Waals surface area contributed by atoms with Crippen molar-refractivity contribution in [2.75, 3.05) is 0 Å². The first-order valence-electron chi connectivity index (χ1n) is 6.41. The largest absolute Gasteiger partial charge is 0.470 e. The normalized spacial score (nSPS) is 21.9. The molecule has 2 N–H and O–H groups in total. The van der Waals surface area contributed by atoms with Gasteiger partial charge in [-0.3, -0.25) is 4.57 Å². The Balaban J connectivity index is 2.14. The van der Waals surface area contributed by atoms with Crippen LogP contribution < -0.4 is 4.74 Å². The van der Waals surface area contributed by atoms with E-state index in [4.69, 9.17) is 4.74 Å². The van der Waals surface area contributed by atoms with Gasteiger partial charge in [0, 0.05) is 12.0 Å². The number of benzene rings is 2. The predicted octanol–water partition coefficient (Wildman–Crippen LogP) is 3.04. The molecule has 0 bridgehead atoms. The van der Waals surface area contributed by atoms with Gasteiger partial charge in [0.2, 0.25) is 5.34 Å². The minimum absolute atomic E-state index is 0.262. The van der Waals surface area contributed by atoms with Crippen LogP contribution in [0.15, 0.2) is 54.6 Å². The number of fused-ring (bicyclic) bond motifs is 1. The average Bonchev–Trinajstić information content (AvgIpc) is 2.46. The summed E-state index contributed by atoms with van der Waals surface area (Å²) in [6.07, 6.45) is 0.842. The van der Waals surface area contributed by atoms with Crippen molar-refractivity contribution < 1.29 is 19.1 Å². The number of hydrogen-bond donors (Lipinski definition) is 2. The fourth-order valence-corrected chi connectivity index (χ4v) is 3.73. The number of aryl methyl sites for hydroxylation is 1. The van der Waals surface area contributed by atoms with Crippen LogP contribution in [0.1, 0.15) is 17.5 Å². The minimum Gasteiger partial charge on any atom is -0.470 e. The second-order valence-electron chi connectivity index (χ2n) is 4.90. The van der Waals surface area contributed by atoms with Crippen LogP contribution in [0.25, 0.3) is 0 Å². The Morgan fingerprint density at radius 1 is 1.00 bits per heavy atom. The van der Waals surface area contributed by atoms with Crippen LogP contribution in [0, 0.1) is 0 Å². The summed E-state index contributed by atoms with van der Waals surface area (Å²) < 4.78 is 17.9. The van der Waals surface area contributed by atoms with Crippen molar-refractivity contribution in [1.82, 2.24) is 0 Å². The Bertz CT molecular complexity index is 665. The highest BCUT2D eigenvalue weighted by atomic mass is 31.2. The Kier molecular flexibility index (Phi) is 3.17. The first-order chi connectivity index (χ1) is 9.53. The summed E-state index contributed by atoms with van der Waals surface area (Å²) in [7, 11) is -4.47. The predicted molar refractivity (Wildman–Crippen MR) is 75.6 cm³/mol. The number of rotatable bonds is 2. The highest BCUT2D eigenvalue weighted by molar-refractivity contribution is 7.52. The minimum atomic E-state index is -4.47. The zero-order chi connectivity index (χ0) is 14.2. The van der Waals surface area contributed by atoms with Gasteiger partial charge in [0.05, 0.1) is 0 Å². The lowest BCUT2D eigenvalue weighted by Gasteiger charge is -2.39. The number of hydrogen-bond acceptors (Lipinski definition) is 2. The zero-order valence-electron chi connectivity index (χ0n) is 10.8. The molecule has 0 aromatic heterocycles. The standard InChI is InChI=1S/C15H15O4P/c16-20(17,18)15(13-7-2-1-3-8-13)11-10-12-6-4-5-9-14(12)19-15/h1-9H,10-11H2,(H2,16,17,18). The maximum atomic E-state index is 12.1. The molecule has 0 radical (unpaired) electrons. The molecule has 1 aliphatic heterocycles. The molecule has 0 fully saturated rings. The molecule has 4 nitrogen and oxygen atoms in total. The molecule has 20 heavy (non-hydrogen) atoms. The van der Waals surface area contributed by atoms with E-state index in [1.165, 1.54) is 0 Å². The van der Waals surface area contributed by atoms with E-state index in [0.717, 1.165) is 5.56 Å². The Hall–Kier alpha value is -1.61. The maximum Gasteiger partial charge on any atom is 0.373 e. The summed E-state index contributed by atoms with van der Waals surface area (Å²) in [4.78, 5) is 19.7. The molecule has 0 saturated heterocycles. The molecule has 2 aromatic rings. The molecular formula is C15H15O4P. The van der Waals surface area contributed by atoms with Crippen LogP contribution in [0.4, 0.5) is 0 Å². The first-order valence-corrected chi connectivity index (χ1v) is 8.02. The first kappa shape index (κ1) is 13.4. The second-order valence-corrected chi connectivity index (χ2v) is 6.71. The molecule has 1 aliphatic rings. The summed E-state index contributed by atoms with van der Waals surface area (Å²) in [5.74, 6) is 0.547. The number of para-hydroxylation sites is 1. The van der Waals surface area contributed by atoms with Crippen molar-refractivity contribution in [3.8, 4) is 5.75 Å². The molecule has 3 rings (SSSR count). The fourth-order valence-electron chi connectivity index (χ4n) is 2.62. The van der Waals surface area contributed by atoms with E-state index in [-0.39, 0.29) is 6.42 Å². The molecule has 1 unspecified atom stereocenters. The van der Waals surface area contributed by atoms with Gasteiger partial charge >= 0.3 is 7.60 Å². The molecule has 0 spiro atoms. The van der Waals surface area contributed by atoms with Crippen molar-refractivity contribution in [1.29, 1.82) is 0 Å². The monoisotopic (exact) mass is 290 g/mol. The second kappa shape index (κ2) is 4.74. The smallest absolute Gasteiger partial charge is 0.373 e. The van der Waals surface area contributed by atoms with Crippen LogP contribution in [0.5, 0.6) is 5.75 Å². The lowest BCUT2D eigenvalue weighted by Crippen LogP contribution is -2.36. The lowest BCUT2D eigenvalue weighted by atomic mass is 9.97.